The molecule has 0 spiro atoms. The monoisotopic (exact) mass is 200 g/mol. The molecule has 1 aromatic rings. The standard InChI is InChI=1S/C10H8N4O/c11-5-7-1-3-8(4-2-7)9-6-12-10(15)14-13-9/h1-4H,6H2,(H2,12,14,15). The zero-order valence-electron chi connectivity index (χ0n) is 7.82. The molecule has 0 aliphatic carbocycles. The van der Waals surface area contributed by atoms with Gasteiger partial charge in [-0.15, -0.1) is 0 Å². The number of rotatable bonds is 1. The van der Waals surface area contributed by atoms with Crippen LogP contribution in [0.3, 0.4) is 0 Å². The molecule has 0 fully saturated rings. The lowest BCUT2D eigenvalue weighted by atomic mass is 10.1. The number of urea groups is 1. The average Bonchev–Trinajstić information content (AvgIpc) is 2.30. The number of amides is 2. The molecule has 0 aromatic heterocycles. The summed E-state index contributed by atoms with van der Waals surface area (Å²) in [6.45, 7) is 0.401. The highest BCUT2D eigenvalue weighted by atomic mass is 16.2. The lowest BCUT2D eigenvalue weighted by Crippen LogP contribution is -2.42. The summed E-state index contributed by atoms with van der Waals surface area (Å²) in [6.07, 6.45) is 0. The number of hydrogen-bond acceptors (Lipinski definition) is 3. The molecule has 0 radical (unpaired) electrons. The minimum Gasteiger partial charge on any atom is -0.331 e. The topological polar surface area (TPSA) is 77.3 Å². The van der Waals surface area contributed by atoms with Gasteiger partial charge in [0.05, 0.1) is 23.9 Å². The summed E-state index contributed by atoms with van der Waals surface area (Å²) in [7, 11) is 0. The third-order valence-corrected chi connectivity index (χ3v) is 2.06. The Bertz CT molecular complexity index is 455. The molecule has 1 heterocycles. The third-order valence-electron chi connectivity index (χ3n) is 2.06. The second-order valence-electron chi connectivity index (χ2n) is 3.04. The molecule has 0 bridgehead atoms. The van der Waals surface area contributed by atoms with Crippen LogP contribution in [0.25, 0.3) is 0 Å². The Morgan fingerprint density at radius 3 is 2.60 bits per heavy atom. The van der Waals surface area contributed by atoms with Gasteiger partial charge >= 0.3 is 6.03 Å². The first-order valence-corrected chi connectivity index (χ1v) is 4.40. The maximum Gasteiger partial charge on any atom is 0.335 e. The van der Waals surface area contributed by atoms with Crippen LogP contribution in [0.15, 0.2) is 29.4 Å². The van der Waals surface area contributed by atoms with Crippen molar-refractivity contribution in [2.75, 3.05) is 6.54 Å². The Morgan fingerprint density at radius 1 is 1.33 bits per heavy atom. The number of nitrogens with zero attached hydrogens (tertiary/aromatic N) is 2. The van der Waals surface area contributed by atoms with Gasteiger partial charge in [-0.05, 0) is 17.7 Å². The number of carbonyl (C=O) groups is 1. The van der Waals surface area contributed by atoms with Gasteiger partial charge in [-0.25, -0.2) is 10.2 Å². The second kappa shape index (κ2) is 3.80. The zero-order chi connectivity index (χ0) is 10.7. The van der Waals surface area contributed by atoms with Gasteiger partial charge in [0, 0.05) is 0 Å². The van der Waals surface area contributed by atoms with E-state index >= 15 is 0 Å². The molecule has 0 unspecified atom stereocenters. The van der Waals surface area contributed by atoms with Gasteiger partial charge in [0.25, 0.3) is 0 Å². The number of hydrazone groups is 1. The van der Waals surface area contributed by atoms with E-state index in [0.29, 0.717) is 12.1 Å². The van der Waals surface area contributed by atoms with E-state index in [1.165, 1.54) is 0 Å². The predicted molar refractivity (Wildman–Crippen MR) is 54.2 cm³/mol. The van der Waals surface area contributed by atoms with E-state index in [1.54, 1.807) is 24.3 Å². The lowest BCUT2D eigenvalue weighted by Gasteiger charge is -2.13. The van der Waals surface area contributed by atoms with Gasteiger partial charge in [0.1, 0.15) is 0 Å². The number of benzene rings is 1. The molecule has 2 rings (SSSR count). The van der Waals surface area contributed by atoms with Gasteiger partial charge in [-0.2, -0.15) is 10.4 Å². The maximum atomic E-state index is 10.8. The molecule has 1 aliphatic heterocycles. The van der Waals surface area contributed by atoms with Crippen LogP contribution >= 0.6 is 0 Å². The molecule has 0 atom stereocenters. The second-order valence-corrected chi connectivity index (χ2v) is 3.04. The molecule has 1 aromatic carbocycles. The molecule has 0 saturated heterocycles. The van der Waals surface area contributed by atoms with Crippen molar-refractivity contribution < 1.29 is 4.79 Å². The molecule has 5 heteroatoms. The Kier molecular flexibility index (Phi) is 2.33. The van der Waals surface area contributed by atoms with Crippen LogP contribution in [-0.2, 0) is 0 Å². The first kappa shape index (κ1) is 9.21. The van der Waals surface area contributed by atoms with Crippen LogP contribution in [0.1, 0.15) is 11.1 Å². The minimum absolute atomic E-state index is 0.299. The van der Waals surface area contributed by atoms with Crippen LogP contribution in [0, 0.1) is 11.3 Å². The van der Waals surface area contributed by atoms with Gasteiger partial charge in [-0.1, -0.05) is 12.1 Å². The fraction of sp³-hybridized carbons (Fsp3) is 0.100. The summed E-state index contributed by atoms with van der Waals surface area (Å²) in [5, 5.41) is 15.1. The van der Waals surface area contributed by atoms with E-state index in [0.717, 1.165) is 11.3 Å². The molecule has 1 aliphatic rings. The van der Waals surface area contributed by atoms with Crippen molar-refractivity contribution in [1.29, 1.82) is 5.26 Å². The summed E-state index contributed by atoms with van der Waals surface area (Å²) in [5.41, 5.74) is 4.58. The summed E-state index contributed by atoms with van der Waals surface area (Å²) in [4.78, 5) is 10.8. The molecule has 2 amide bonds. The van der Waals surface area contributed by atoms with E-state index in [9.17, 15) is 4.79 Å². The first-order chi connectivity index (χ1) is 7.29. The smallest absolute Gasteiger partial charge is 0.331 e. The van der Waals surface area contributed by atoms with Crippen molar-refractivity contribution in [3.63, 3.8) is 0 Å². The Morgan fingerprint density at radius 2 is 2.07 bits per heavy atom. The Hall–Kier alpha value is -2.35. The summed E-state index contributed by atoms with van der Waals surface area (Å²) < 4.78 is 0. The SMILES string of the molecule is N#Cc1ccc(C2=NNC(=O)NC2)cc1. The van der Waals surface area contributed by atoms with Crippen molar-refractivity contribution in [3.05, 3.63) is 35.4 Å². The number of nitrogens with one attached hydrogen (secondary N) is 2. The van der Waals surface area contributed by atoms with E-state index < -0.39 is 0 Å². The highest BCUT2D eigenvalue weighted by Gasteiger charge is 2.11. The molecular weight excluding hydrogens is 192 g/mol. The third kappa shape index (κ3) is 1.94. The predicted octanol–water partition coefficient (Wildman–Crippen LogP) is 0.575. The molecule has 2 N–H and O–H groups in total. The van der Waals surface area contributed by atoms with E-state index in [-0.39, 0.29) is 6.03 Å². The van der Waals surface area contributed by atoms with Crippen LogP contribution < -0.4 is 10.7 Å². The van der Waals surface area contributed by atoms with Crippen molar-refractivity contribution in [3.8, 4) is 6.07 Å². The molecule has 5 nitrogen and oxygen atoms in total. The quantitative estimate of drug-likeness (QED) is 0.695. The number of carbonyl (C=O) groups excluding carboxylic acids is 1. The maximum absolute atomic E-state index is 10.8. The van der Waals surface area contributed by atoms with Crippen molar-refractivity contribution >= 4 is 11.7 Å². The fourth-order valence-electron chi connectivity index (χ4n) is 1.27. The highest BCUT2D eigenvalue weighted by molar-refractivity contribution is 6.05. The molecular formula is C10H8N4O. The van der Waals surface area contributed by atoms with Crippen molar-refractivity contribution in [1.82, 2.24) is 10.7 Å². The van der Waals surface area contributed by atoms with Crippen molar-refractivity contribution in [2.24, 2.45) is 5.10 Å². The van der Waals surface area contributed by atoms with Gasteiger partial charge in [0.15, 0.2) is 0 Å². The largest absolute Gasteiger partial charge is 0.335 e. The van der Waals surface area contributed by atoms with Gasteiger partial charge in [0.2, 0.25) is 0 Å². The van der Waals surface area contributed by atoms with Crippen LogP contribution in [0.4, 0.5) is 4.79 Å². The van der Waals surface area contributed by atoms with Crippen LogP contribution in [0.2, 0.25) is 0 Å². The number of nitriles is 1. The molecule has 15 heavy (non-hydrogen) atoms. The summed E-state index contributed by atoms with van der Waals surface area (Å²) >= 11 is 0. The van der Waals surface area contributed by atoms with Gasteiger partial charge in [-0.3, -0.25) is 0 Å². The Balaban J connectivity index is 2.24. The lowest BCUT2D eigenvalue weighted by molar-refractivity contribution is 0.241. The number of hydrogen-bond donors (Lipinski definition) is 2. The van der Waals surface area contributed by atoms with Crippen LogP contribution in [-0.4, -0.2) is 18.3 Å². The van der Waals surface area contributed by atoms with E-state index in [4.69, 9.17) is 5.26 Å². The van der Waals surface area contributed by atoms with E-state index in [2.05, 4.69) is 15.8 Å². The molecule has 74 valence electrons. The average molecular weight is 200 g/mol. The van der Waals surface area contributed by atoms with Gasteiger partial charge < -0.3 is 5.32 Å². The fourth-order valence-corrected chi connectivity index (χ4v) is 1.27. The zero-order valence-corrected chi connectivity index (χ0v) is 7.82. The first-order valence-electron chi connectivity index (χ1n) is 4.40. The summed E-state index contributed by atoms with van der Waals surface area (Å²) in [6, 6.07) is 8.78. The van der Waals surface area contributed by atoms with E-state index in [1.807, 2.05) is 6.07 Å². The van der Waals surface area contributed by atoms with Crippen molar-refractivity contribution in [2.45, 2.75) is 0 Å². The van der Waals surface area contributed by atoms with Crippen LogP contribution in [0.5, 0.6) is 0 Å². The summed E-state index contributed by atoms with van der Waals surface area (Å²) in [5.74, 6) is 0. The Labute approximate surface area is 86.4 Å². The highest BCUT2D eigenvalue weighted by Crippen LogP contribution is 2.05. The molecule has 0 saturated carbocycles. The minimum atomic E-state index is -0.299. The normalized spacial score (nSPS) is 14.6.